The zero-order chi connectivity index (χ0) is 38.5. The molecule has 0 saturated carbocycles. The van der Waals surface area contributed by atoms with Crippen LogP contribution in [0.25, 0.3) is 43.6 Å². The maximum Gasteiger partial charge on any atom is 1.00 e. The maximum absolute atomic E-state index is 10.5. The topological polar surface area (TPSA) is 166 Å². The van der Waals surface area contributed by atoms with Gasteiger partial charge in [-0.3, -0.25) is 0 Å². The number of nitrogens with zero attached hydrogens (tertiary/aromatic N) is 4. The Balaban J connectivity index is 0.000000182. The molecule has 0 radical (unpaired) electrons. The molecule has 10 nitrogen and oxygen atoms in total. The second-order valence-corrected chi connectivity index (χ2v) is 14.1. The van der Waals surface area contributed by atoms with E-state index in [4.69, 9.17) is 36.6 Å². The van der Waals surface area contributed by atoms with Crippen molar-refractivity contribution in [2.45, 2.75) is 107 Å². The van der Waals surface area contributed by atoms with E-state index >= 15 is 0 Å². The van der Waals surface area contributed by atoms with Crippen molar-refractivity contribution in [2.24, 2.45) is 0 Å². The Morgan fingerprint density at radius 1 is 0.660 bits per heavy atom. The number of benzene rings is 2. The van der Waals surface area contributed by atoms with Gasteiger partial charge in [-0.05, 0) is 99.2 Å². The van der Waals surface area contributed by atoms with Gasteiger partial charge in [0.25, 0.3) is 0 Å². The Kier molecular flexibility index (Phi) is 12.4. The standard InChI is InChI=1S/C18H22N2.C18H20N2.C6H7O6.Cu/c2*1-9-11(3)15-7-8-16-12(4)10(2)14(6)20-18(16)17(15)19-13(9)5;7-1-2(8)5-3(9)4(10)6(11)12-5;/h7-8,13-14H,1-6H3;7-8H,1-6H3;2,5,8-10H,1H2;/q2*-2;-1;+1. The summed E-state index contributed by atoms with van der Waals surface area (Å²) in [5.41, 5.74) is 19.6. The van der Waals surface area contributed by atoms with Gasteiger partial charge in [0.15, 0.2) is 11.9 Å². The zero-order valence-electron chi connectivity index (χ0n) is 32.5. The summed E-state index contributed by atoms with van der Waals surface area (Å²) in [5, 5.41) is 58.5. The minimum Gasteiger partial charge on any atom is -0.853 e. The summed E-state index contributed by atoms with van der Waals surface area (Å²) in [6, 6.07) is 9.32. The molecule has 11 heteroatoms. The SMILES string of the molecule is CC1=C(C)C(C)=c2ccc3c(c2[N-]1)[N-]C(C)=C(C)C=3C.CC1=C(C)C(C)[N-]c2c1ccc1c2[N-]C(C)C(C)=C1C.O=C1OC(C(O)C[O-])C(O)=C1O.[Cu+]. The summed E-state index contributed by atoms with van der Waals surface area (Å²) in [6.45, 7) is 25.0. The van der Waals surface area contributed by atoms with Crippen LogP contribution in [0.4, 0.5) is 22.7 Å². The molecule has 4 atom stereocenters. The molecule has 5 aliphatic heterocycles. The first kappa shape index (κ1) is 41.3. The van der Waals surface area contributed by atoms with E-state index < -0.39 is 36.3 Å². The van der Waals surface area contributed by atoms with Gasteiger partial charge in [0.05, 0.1) is 6.10 Å². The molecule has 3 N–H and O–H groups in total. The van der Waals surface area contributed by atoms with Crippen LogP contribution in [0.5, 0.6) is 0 Å². The van der Waals surface area contributed by atoms with Crippen molar-refractivity contribution in [3.8, 4) is 0 Å². The molecular weight excluding hydrogens is 720 g/mol. The average molecular weight is 769 g/mol. The molecule has 0 amide bonds. The van der Waals surface area contributed by atoms with Crippen LogP contribution in [0.15, 0.2) is 69.5 Å². The van der Waals surface area contributed by atoms with Crippen molar-refractivity contribution in [1.29, 1.82) is 0 Å². The molecule has 2 aromatic carbocycles. The smallest absolute Gasteiger partial charge is 0.853 e. The van der Waals surface area contributed by atoms with Crippen molar-refractivity contribution in [3.05, 3.63) is 112 Å². The Morgan fingerprint density at radius 2 is 1.06 bits per heavy atom. The number of rotatable bonds is 2. The van der Waals surface area contributed by atoms with Crippen molar-refractivity contribution < 1.29 is 47.0 Å². The van der Waals surface area contributed by atoms with Gasteiger partial charge < -0.3 is 46.4 Å². The zero-order valence-corrected chi connectivity index (χ0v) is 33.4. The number of ether oxygens (including phenoxy) is 1. The minimum absolute atomic E-state index is 0. The largest absolute Gasteiger partial charge is 1.00 e. The van der Waals surface area contributed by atoms with E-state index in [2.05, 4.69) is 112 Å². The number of carbonyl (C=O) groups is 1. The fourth-order valence-corrected chi connectivity index (χ4v) is 6.75. The van der Waals surface area contributed by atoms with Crippen molar-refractivity contribution in [3.63, 3.8) is 0 Å². The molecule has 0 aliphatic carbocycles. The summed E-state index contributed by atoms with van der Waals surface area (Å²) in [4.78, 5) is 10.5. The summed E-state index contributed by atoms with van der Waals surface area (Å²) in [5.74, 6) is -2.87. The third kappa shape index (κ3) is 7.40. The van der Waals surface area contributed by atoms with Gasteiger partial charge in [0, 0.05) is 0 Å². The molecule has 0 spiro atoms. The predicted molar refractivity (Wildman–Crippen MR) is 208 cm³/mol. The maximum atomic E-state index is 10.5. The minimum atomic E-state index is -1.53. The number of aliphatic hydroxyl groups excluding tert-OH is 3. The van der Waals surface area contributed by atoms with Gasteiger partial charge in [-0.15, -0.1) is 29.4 Å². The van der Waals surface area contributed by atoms with Gasteiger partial charge in [-0.1, -0.05) is 86.3 Å². The fraction of sp³-hybridized carbons (Fsp3) is 0.405. The first-order valence-corrected chi connectivity index (χ1v) is 17.6. The third-order valence-corrected chi connectivity index (χ3v) is 11.2. The van der Waals surface area contributed by atoms with E-state index in [1.807, 2.05) is 0 Å². The van der Waals surface area contributed by atoms with E-state index in [1.165, 1.54) is 66.1 Å². The number of esters is 1. The molecule has 0 bridgehead atoms. The molecular formula is C42H49CuN4O6-4. The molecule has 2 aromatic rings. The Labute approximate surface area is 323 Å². The Bertz CT molecular complexity index is 2030. The van der Waals surface area contributed by atoms with Crippen molar-refractivity contribution in [1.82, 2.24) is 0 Å². The van der Waals surface area contributed by atoms with Gasteiger partial charge >= 0.3 is 23.0 Å². The molecule has 5 aliphatic rings. The van der Waals surface area contributed by atoms with Crippen LogP contribution in [-0.4, -0.2) is 52.2 Å². The molecule has 0 aromatic heterocycles. The van der Waals surface area contributed by atoms with Gasteiger partial charge in [0.2, 0.25) is 5.76 Å². The van der Waals surface area contributed by atoms with E-state index in [9.17, 15) is 9.90 Å². The van der Waals surface area contributed by atoms with Crippen LogP contribution >= 0.6 is 0 Å². The van der Waals surface area contributed by atoms with E-state index in [0.717, 1.165) is 34.1 Å². The molecule has 0 fully saturated rings. The monoisotopic (exact) mass is 768 g/mol. The number of aliphatic hydroxyl groups is 3. The van der Waals surface area contributed by atoms with Crippen LogP contribution in [0.1, 0.15) is 94.2 Å². The number of fused-ring (bicyclic) bond motifs is 6. The number of hydrogen-bond acceptors (Lipinski definition) is 6. The second kappa shape index (κ2) is 15.9. The summed E-state index contributed by atoms with van der Waals surface area (Å²) in [7, 11) is 0. The molecule has 0 saturated heterocycles. The molecule has 288 valence electrons. The first-order valence-electron chi connectivity index (χ1n) is 17.6. The third-order valence-electron chi connectivity index (χ3n) is 11.2. The quantitative estimate of drug-likeness (QED) is 0.204. The summed E-state index contributed by atoms with van der Waals surface area (Å²) in [6.07, 6.45) is -2.95. The average Bonchev–Trinajstić information content (AvgIpc) is 3.38. The van der Waals surface area contributed by atoms with Crippen LogP contribution in [0.2, 0.25) is 0 Å². The van der Waals surface area contributed by atoms with Crippen molar-refractivity contribution >= 4 is 51.0 Å². The van der Waals surface area contributed by atoms with E-state index in [1.54, 1.807) is 0 Å². The van der Waals surface area contributed by atoms with Crippen LogP contribution in [-0.2, 0) is 26.6 Å². The van der Waals surface area contributed by atoms with Crippen LogP contribution in [0, 0.1) is 0 Å². The van der Waals surface area contributed by atoms with Gasteiger partial charge in [-0.25, -0.2) is 4.79 Å². The normalized spacial score (nSPS) is 21.9. The van der Waals surface area contributed by atoms with E-state index in [-0.39, 0.29) is 29.2 Å². The van der Waals surface area contributed by atoms with Gasteiger partial charge in [0.1, 0.15) is 0 Å². The van der Waals surface area contributed by atoms with Gasteiger partial charge in [-0.2, -0.15) is 11.4 Å². The second-order valence-electron chi connectivity index (χ2n) is 14.1. The molecule has 7 rings (SSSR count). The van der Waals surface area contributed by atoms with E-state index in [0.29, 0.717) is 0 Å². The Morgan fingerprint density at radius 3 is 1.40 bits per heavy atom. The number of carbonyl (C=O) groups excluding carboxylic acids is 1. The predicted octanol–water partition coefficient (Wildman–Crippen LogP) is 8.70. The van der Waals surface area contributed by atoms with Crippen LogP contribution in [0.3, 0.4) is 0 Å². The summed E-state index contributed by atoms with van der Waals surface area (Å²) < 4.78 is 4.28. The molecule has 4 unspecified atom stereocenters. The first-order chi connectivity index (χ1) is 24.4. The van der Waals surface area contributed by atoms with Crippen molar-refractivity contribution in [2.75, 3.05) is 6.61 Å². The Hall–Kier alpha value is -4.41. The fourth-order valence-electron chi connectivity index (χ4n) is 6.75. The number of allylic oxidation sites excluding steroid dienone is 6. The number of hydrogen-bond donors (Lipinski definition) is 3. The number of cyclic esters (lactones) is 1. The van der Waals surface area contributed by atoms with Crippen LogP contribution < -0.4 is 15.5 Å². The summed E-state index contributed by atoms with van der Waals surface area (Å²) >= 11 is 0. The molecule has 5 heterocycles. The molecule has 53 heavy (non-hydrogen) atoms.